The second-order valence-corrected chi connectivity index (χ2v) is 5.35. The lowest BCUT2D eigenvalue weighted by Gasteiger charge is -2.15. The van der Waals surface area contributed by atoms with Gasteiger partial charge in [-0.15, -0.1) is 11.3 Å². The van der Waals surface area contributed by atoms with E-state index in [1.807, 2.05) is 26.2 Å². The molecule has 0 spiro atoms. The summed E-state index contributed by atoms with van der Waals surface area (Å²) in [5, 5.41) is 5.20. The topological polar surface area (TPSA) is 42.0 Å². The van der Waals surface area contributed by atoms with Crippen molar-refractivity contribution in [3.63, 3.8) is 0 Å². The SMILES string of the molecule is CC(C)(C)C(=O)Nc1nc(Br)cs1. The van der Waals surface area contributed by atoms with Gasteiger partial charge in [0.1, 0.15) is 4.60 Å². The first-order valence-electron chi connectivity index (χ1n) is 3.82. The van der Waals surface area contributed by atoms with Gasteiger partial charge in [-0.2, -0.15) is 0 Å². The summed E-state index contributed by atoms with van der Waals surface area (Å²) in [5.41, 5.74) is -0.377. The standard InChI is InChI=1S/C8H11BrN2OS/c1-8(2,3)6(12)11-7-10-5(9)4-13-7/h4H,1-3H3,(H,10,11,12). The average Bonchev–Trinajstić information content (AvgIpc) is 2.33. The summed E-state index contributed by atoms with van der Waals surface area (Å²) in [6.45, 7) is 5.60. The number of hydrogen-bond acceptors (Lipinski definition) is 3. The van der Waals surface area contributed by atoms with Crippen LogP contribution in [0.4, 0.5) is 5.13 Å². The van der Waals surface area contributed by atoms with Gasteiger partial charge in [-0.05, 0) is 15.9 Å². The third-order valence-electron chi connectivity index (χ3n) is 1.38. The highest BCUT2D eigenvalue weighted by molar-refractivity contribution is 9.10. The Morgan fingerprint density at radius 2 is 2.23 bits per heavy atom. The van der Waals surface area contributed by atoms with Crippen LogP contribution in [0.3, 0.4) is 0 Å². The Hall–Kier alpha value is -0.420. The number of aromatic nitrogens is 1. The molecule has 1 aromatic rings. The van der Waals surface area contributed by atoms with Crippen molar-refractivity contribution in [2.45, 2.75) is 20.8 Å². The van der Waals surface area contributed by atoms with Crippen molar-refractivity contribution in [1.82, 2.24) is 4.98 Å². The summed E-state index contributed by atoms with van der Waals surface area (Å²) in [4.78, 5) is 15.6. The molecule has 0 radical (unpaired) electrons. The van der Waals surface area contributed by atoms with Crippen LogP contribution in [0.25, 0.3) is 0 Å². The van der Waals surface area contributed by atoms with Crippen molar-refractivity contribution in [1.29, 1.82) is 0 Å². The molecular weight excluding hydrogens is 252 g/mol. The van der Waals surface area contributed by atoms with Crippen LogP contribution in [0.15, 0.2) is 9.98 Å². The molecule has 0 unspecified atom stereocenters. The molecule has 13 heavy (non-hydrogen) atoms. The van der Waals surface area contributed by atoms with Gasteiger partial charge in [0, 0.05) is 10.8 Å². The van der Waals surface area contributed by atoms with Crippen LogP contribution in [0.2, 0.25) is 0 Å². The number of carbonyl (C=O) groups is 1. The van der Waals surface area contributed by atoms with E-state index < -0.39 is 0 Å². The number of carbonyl (C=O) groups excluding carboxylic acids is 1. The molecule has 3 nitrogen and oxygen atoms in total. The average molecular weight is 263 g/mol. The van der Waals surface area contributed by atoms with Gasteiger partial charge in [-0.1, -0.05) is 20.8 Å². The van der Waals surface area contributed by atoms with E-state index in [2.05, 4.69) is 26.2 Å². The Labute approximate surface area is 89.7 Å². The number of hydrogen-bond donors (Lipinski definition) is 1. The third kappa shape index (κ3) is 3.08. The molecule has 1 N–H and O–H groups in total. The molecule has 0 saturated heterocycles. The summed E-state index contributed by atoms with van der Waals surface area (Å²) >= 11 is 4.62. The maximum absolute atomic E-state index is 11.5. The molecule has 0 bridgehead atoms. The van der Waals surface area contributed by atoms with Gasteiger partial charge in [0.25, 0.3) is 0 Å². The van der Waals surface area contributed by atoms with Crippen molar-refractivity contribution >= 4 is 38.3 Å². The fraction of sp³-hybridized carbons (Fsp3) is 0.500. The molecule has 72 valence electrons. The molecule has 0 aliphatic carbocycles. The molecular formula is C8H11BrN2OS. The van der Waals surface area contributed by atoms with Gasteiger partial charge in [0.05, 0.1) is 0 Å². The first-order valence-corrected chi connectivity index (χ1v) is 5.49. The summed E-state index contributed by atoms with van der Waals surface area (Å²) < 4.78 is 0.752. The summed E-state index contributed by atoms with van der Waals surface area (Å²) in [6.07, 6.45) is 0. The molecule has 0 aliphatic heterocycles. The van der Waals surface area contributed by atoms with Crippen molar-refractivity contribution < 1.29 is 4.79 Å². The van der Waals surface area contributed by atoms with Crippen LogP contribution in [-0.2, 0) is 4.79 Å². The van der Waals surface area contributed by atoms with E-state index in [-0.39, 0.29) is 11.3 Å². The van der Waals surface area contributed by atoms with E-state index in [0.717, 1.165) is 4.60 Å². The van der Waals surface area contributed by atoms with E-state index in [1.165, 1.54) is 11.3 Å². The lowest BCUT2D eigenvalue weighted by Crippen LogP contribution is -2.27. The molecule has 0 saturated carbocycles. The summed E-state index contributed by atoms with van der Waals surface area (Å²) in [7, 11) is 0. The molecule has 1 heterocycles. The van der Waals surface area contributed by atoms with Crippen molar-refractivity contribution in [2.24, 2.45) is 5.41 Å². The highest BCUT2D eigenvalue weighted by Gasteiger charge is 2.21. The minimum atomic E-state index is -0.377. The second-order valence-electron chi connectivity index (χ2n) is 3.68. The largest absolute Gasteiger partial charge is 0.301 e. The first kappa shape index (κ1) is 10.7. The van der Waals surface area contributed by atoms with E-state index in [0.29, 0.717) is 5.13 Å². The zero-order valence-electron chi connectivity index (χ0n) is 7.72. The van der Waals surface area contributed by atoms with Gasteiger partial charge in [0.15, 0.2) is 5.13 Å². The number of halogens is 1. The Morgan fingerprint density at radius 3 is 2.62 bits per heavy atom. The van der Waals surface area contributed by atoms with Gasteiger partial charge in [-0.3, -0.25) is 4.79 Å². The Morgan fingerprint density at radius 1 is 1.62 bits per heavy atom. The lowest BCUT2D eigenvalue weighted by molar-refractivity contribution is -0.123. The number of rotatable bonds is 1. The summed E-state index contributed by atoms with van der Waals surface area (Å²) in [5.74, 6) is -0.0191. The molecule has 1 aromatic heterocycles. The molecule has 1 rings (SSSR count). The maximum atomic E-state index is 11.5. The minimum Gasteiger partial charge on any atom is -0.301 e. The van der Waals surface area contributed by atoms with E-state index in [4.69, 9.17) is 0 Å². The molecule has 0 aromatic carbocycles. The van der Waals surface area contributed by atoms with Crippen LogP contribution < -0.4 is 5.32 Å². The van der Waals surface area contributed by atoms with Crippen LogP contribution in [-0.4, -0.2) is 10.9 Å². The van der Waals surface area contributed by atoms with Gasteiger partial charge < -0.3 is 5.32 Å². The monoisotopic (exact) mass is 262 g/mol. The number of thiazole rings is 1. The van der Waals surface area contributed by atoms with Crippen LogP contribution in [0, 0.1) is 5.41 Å². The lowest BCUT2D eigenvalue weighted by atomic mass is 9.96. The number of nitrogens with zero attached hydrogens (tertiary/aromatic N) is 1. The quantitative estimate of drug-likeness (QED) is 0.846. The molecule has 0 aliphatic rings. The van der Waals surface area contributed by atoms with E-state index in [1.54, 1.807) is 0 Å². The van der Waals surface area contributed by atoms with E-state index in [9.17, 15) is 4.79 Å². The fourth-order valence-corrected chi connectivity index (χ4v) is 1.74. The third-order valence-corrected chi connectivity index (χ3v) is 2.84. The molecule has 5 heteroatoms. The normalized spacial score (nSPS) is 11.4. The Balaban J connectivity index is 2.65. The van der Waals surface area contributed by atoms with Gasteiger partial charge in [-0.25, -0.2) is 4.98 Å². The Bertz CT molecular complexity index is 316. The van der Waals surface area contributed by atoms with Gasteiger partial charge in [0.2, 0.25) is 5.91 Å². The highest BCUT2D eigenvalue weighted by Crippen LogP contribution is 2.22. The second kappa shape index (κ2) is 3.75. The van der Waals surface area contributed by atoms with Crippen molar-refractivity contribution in [3.05, 3.63) is 9.98 Å². The molecule has 0 fully saturated rings. The van der Waals surface area contributed by atoms with Crippen LogP contribution in [0.5, 0.6) is 0 Å². The van der Waals surface area contributed by atoms with Crippen molar-refractivity contribution in [2.75, 3.05) is 5.32 Å². The van der Waals surface area contributed by atoms with Gasteiger partial charge >= 0.3 is 0 Å². The number of nitrogens with one attached hydrogen (secondary N) is 1. The predicted octanol–water partition coefficient (Wildman–Crippen LogP) is 2.89. The predicted molar refractivity (Wildman–Crippen MR) is 57.9 cm³/mol. The highest BCUT2D eigenvalue weighted by atomic mass is 79.9. The Kier molecular flexibility index (Phi) is 3.08. The zero-order valence-corrected chi connectivity index (χ0v) is 10.1. The van der Waals surface area contributed by atoms with Crippen LogP contribution >= 0.6 is 27.3 Å². The van der Waals surface area contributed by atoms with E-state index >= 15 is 0 Å². The molecule has 1 amide bonds. The maximum Gasteiger partial charge on any atom is 0.231 e. The fourth-order valence-electron chi connectivity index (χ4n) is 0.596. The van der Waals surface area contributed by atoms with Crippen LogP contribution in [0.1, 0.15) is 20.8 Å². The number of amides is 1. The zero-order chi connectivity index (χ0) is 10.1. The summed E-state index contributed by atoms with van der Waals surface area (Å²) in [6, 6.07) is 0. The number of anilines is 1. The van der Waals surface area contributed by atoms with Crippen molar-refractivity contribution in [3.8, 4) is 0 Å². The molecule has 0 atom stereocenters. The minimum absolute atomic E-state index is 0.0191. The first-order chi connectivity index (χ1) is 5.89. The smallest absolute Gasteiger partial charge is 0.231 e.